The van der Waals surface area contributed by atoms with E-state index in [1.165, 1.54) is 0 Å². The molecule has 4 heteroatoms. The van der Waals surface area contributed by atoms with Gasteiger partial charge in [0.05, 0.1) is 45.2 Å². The van der Waals surface area contributed by atoms with Crippen LogP contribution < -0.4 is 0 Å². The van der Waals surface area contributed by atoms with Crippen LogP contribution in [0.3, 0.4) is 0 Å². The maximum atomic E-state index is 5.36. The molecule has 1 N–H and O–H groups in total. The Labute approximate surface area is 283 Å². The minimum atomic E-state index is 0.794. The second-order valence-electron chi connectivity index (χ2n) is 12.6. The standard InChI is InChI=1S/C45H28N4/c1-4-12-28(13-5-1)31-22-38-36-20-10-18-34-35-19-11-21-37(45(35)49-44(34)36)39-23-32(29-14-6-2-7-15-29)25-41(47-39)43-27-33(30-16-8-3-9-17-30)26-42(48-43)40(24-31)46-38/h1-27,49H. The van der Waals surface area contributed by atoms with Gasteiger partial charge in [-0.1, -0.05) is 127 Å². The fourth-order valence-corrected chi connectivity index (χ4v) is 7.16. The smallest absolute Gasteiger partial charge is 0.0901 e. The molecule has 0 spiro atoms. The lowest BCUT2D eigenvalue weighted by molar-refractivity contribution is 1.22. The minimum absolute atomic E-state index is 0.794. The normalized spacial score (nSPS) is 11.7. The van der Waals surface area contributed by atoms with Gasteiger partial charge in [-0.2, -0.15) is 0 Å². The van der Waals surface area contributed by atoms with Gasteiger partial charge in [-0.15, -0.1) is 0 Å². The van der Waals surface area contributed by atoms with E-state index >= 15 is 0 Å². The Balaban J connectivity index is 1.36. The second-order valence-corrected chi connectivity index (χ2v) is 12.6. The number of aromatic nitrogens is 4. The molecule has 0 unspecified atom stereocenters. The first kappa shape index (κ1) is 27.5. The number of hydrogen-bond acceptors (Lipinski definition) is 3. The Morgan fingerprint density at radius 1 is 0.286 bits per heavy atom. The summed E-state index contributed by atoms with van der Waals surface area (Å²) in [6.07, 6.45) is 0. The number of nitrogens with one attached hydrogen (secondary N) is 1. The summed E-state index contributed by atoms with van der Waals surface area (Å²) in [5.41, 5.74) is 15.8. The number of benzene rings is 5. The Hall–Kier alpha value is -6.65. The molecule has 0 radical (unpaired) electrons. The summed E-state index contributed by atoms with van der Waals surface area (Å²) in [6.45, 7) is 0. The zero-order valence-electron chi connectivity index (χ0n) is 26.4. The van der Waals surface area contributed by atoms with Crippen molar-refractivity contribution in [1.29, 1.82) is 0 Å². The highest BCUT2D eigenvalue weighted by molar-refractivity contribution is 6.15. The largest absolute Gasteiger partial charge is 0.353 e. The van der Waals surface area contributed by atoms with Gasteiger partial charge in [0.25, 0.3) is 0 Å². The molecular formula is C45H28N4. The van der Waals surface area contributed by atoms with Crippen molar-refractivity contribution in [3.8, 4) is 78.7 Å². The maximum absolute atomic E-state index is 5.36. The van der Waals surface area contributed by atoms with E-state index in [9.17, 15) is 0 Å². The number of H-pyrrole nitrogens is 1. The van der Waals surface area contributed by atoms with Crippen molar-refractivity contribution in [3.05, 3.63) is 164 Å². The highest BCUT2D eigenvalue weighted by Crippen LogP contribution is 2.41. The summed E-state index contributed by atoms with van der Waals surface area (Å²) in [6, 6.07) is 57.5. The molecule has 4 aromatic heterocycles. The van der Waals surface area contributed by atoms with E-state index in [4.69, 9.17) is 15.0 Å². The molecule has 10 rings (SSSR count). The van der Waals surface area contributed by atoms with Crippen molar-refractivity contribution in [2.24, 2.45) is 0 Å². The fourth-order valence-electron chi connectivity index (χ4n) is 7.16. The van der Waals surface area contributed by atoms with Crippen molar-refractivity contribution < 1.29 is 0 Å². The molecule has 0 aliphatic carbocycles. The van der Waals surface area contributed by atoms with Gasteiger partial charge < -0.3 is 4.98 Å². The topological polar surface area (TPSA) is 54.5 Å². The Kier molecular flexibility index (Phi) is 6.15. The lowest BCUT2D eigenvalue weighted by atomic mass is 9.98. The van der Waals surface area contributed by atoms with Crippen LogP contribution in [0.4, 0.5) is 0 Å². The van der Waals surface area contributed by atoms with Gasteiger partial charge in [0.15, 0.2) is 0 Å². The summed E-state index contributed by atoms with van der Waals surface area (Å²) < 4.78 is 0. The highest BCUT2D eigenvalue weighted by Gasteiger charge is 2.20. The van der Waals surface area contributed by atoms with E-state index in [1.54, 1.807) is 0 Å². The second kappa shape index (κ2) is 11.0. The molecule has 0 amide bonds. The molecule has 0 saturated heterocycles. The Morgan fingerprint density at radius 3 is 0.980 bits per heavy atom. The number of fused-ring (bicyclic) bond motifs is 11. The third-order valence-corrected chi connectivity index (χ3v) is 9.54. The fraction of sp³-hybridized carbons (Fsp3) is 0. The van der Waals surface area contributed by atoms with E-state index in [0.29, 0.717) is 0 Å². The van der Waals surface area contributed by atoms with Crippen molar-refractivity contribution in [3.63, 3.8) is 0 Å². The first-order chi connectivity index (χ1) is 24.2. The number of pyridine rings is 3. The van der Waals surface area contributed by atoms with Crippen LogP contribution in [0.1, 0.15) is 0 Å². The van der Waals surface area contributed by atoms with Gasteiger partial charge in [0.2, 0.25) is 0 Å². The van der Waals surface area contributed by atoms with E-state index in [0.717, 1.165) is 100 Å². The van der Waals surface area contributed by atoms with Gasteiger partial charge in [-0.3, -0.25) is 0 Å². The number of nitrogens with zero attached hydrogens (tertiary/aromatic N) is 3. The van der Waals surface area contributed by atoms with Crippen molar-refractivity contribution >= 4 is 21.8 Å². The number of aromatic amines is 1. The molecule has 1 aliphatic heterocycles. The van der Waals surface area contributed by atoms with Crippen LogP contribution in [0.25, 0.3) is 100 Å². The molecule has 228 valence electrons. The van der Waals surface area contributed by atoms with E-state index < -0.39 is 0 Å². The lowest BCUT2D eigenvalue weighted by Crippen LogP contribution is -1.98. The molecule has 0 saturated carbocycles. The van der Waals surface area contributed by atoms with Crippen molar-refractivity contribution in [2.75, 3.05) is 0 Å². The zero-order valence-corrected chi connectivity index (χ0v) is 26.4. The summed E-state index contributed by atoms with van der Waals surface area (Å²) in [7, 11) is 0. The molecule has 9 aromatic rings. The van der Waals surface area contributed by atoms with Crippen LogP contribution in [0.5, 0.6) is 0 Å². The number of rotatable bonds is 3. The van der Waals surface area contributed by atoms with Crippen LogP contribution in [0.2, 0.25) is 0 Å². The zero-order chi connectivity index (χ0) is 32.3. The summed E-state index contributed by atoms with van der Waals surface area (Å²) in [5, 5.41) is 2.31. The number of hydrogen-bond donors (Lipinski definition) is 1. The van der Waals surface area contributed by atoms with Crippen LogP contribution >= 0.6 is 0 Å². The summed E-state index contributed by atoms with van der Waals surface area (Å²) in [4.78, 5) is 19.9. The molecule has 4 nitrogen and oxygen atoms in total. The first-order valence-corrected chi connectivity index (χ1v) is 16.5. The number of para-hydroxylation sites is 2. The van der Waals surface area contributed by atoms with Gasteiger partial charge >= 0.3 is 0 Å². The molecule has 49 heavy (non-hydrogen) atoms. The Bertz CT molecular complexity index is 2530. The SMILES string of the molecule is c1ccc(-c2cc3nc(c2)-c2cc(-c4ccccc4)cc(n2)-c2cccc4c2[nH]c2c(cccc24)-c2cc(-c4ccccc4)cc-3n2)cc1. The van der Waals surface area contributed by atoms with Gasteiger partial charge in [-0.05, 0) is 69.8 Å². The first-order valence-electron chi connectivity index (χ1n) is 16.5. The van der Waals surface area contributed by atoms with Gasteiger partial charge in [0, 0.05) is 21.9 Å². The molecule has 0 atom stereocenters. The predicted octanol–water partition coefficient (Wildman–Crippen LogP) is 11.5. The van der Waals surface area contributed by atoms with Crippen LogP contribution in [-0.4, -0.2) is 19.9 Å². The maximum Gasteiger partial charge on any atom is 0.0901 e. The average molecular weight is 625 g/mol. The minimum Gasteiger partial charge on any atom is -0.353 e. The third kappa shape index (κ3) is 4.65. The Morgan fingerprint density at radius 2 is 0.612 bits per heavy atom. The van der Waals surface area contributed by atoms with Crippen molar-refractivity contribution in [2.45, 2.75) is 0 Å². The van der Waals surface area contributed by atoms with Crippen LogP contribution in [-0.2, 0) is 0 Å². The average Bonchev–Trinajstić information content (AvgIpc) is 3.57. The molecular weight excluding hydrogens is 597 g/mol. The molecule has 1 aliphatic rings. The summed E-state index contributed by atoms with van der Waals surface area (Å²) >= 11 is 0. The molecule has 0 fully saturated rings. The quantitative estimate of drug-likeness (QED) is 0.213. The molecule has 8 bridgehead atoms. The van der Waals surface area contributed by atoms with Crippen LogP contribution in [0, 0.1) is 0 Å². The van der Waals surface area contributed by atoms with E-state index in [-0.39, 0.29) is 0 Å². The van der Waals surface area contributed by atoms with E-state index in [1.807, 2.05) is 6.07 Å². The monoisotopic (exact) mass is 624 g/mol. The van der Waals surface area contributed by atoms with E-state index in [2.05, 4.69) is 163 Å². The summed E-state index contributed by atoms with van der Waals surface area (Å²) in [5.74, 6) is 0. The predicted molar refractivity (Wildman–Crippen MR) is 201 cm³/mol. The van der Waals surface area contributed by atoms with Crippen molar-refractivity contribution in [1.82, 2.24) is 19.9 Å². The third-order valence-electron chi connectivity index (χ3n) is 9.54. The lowest BCUT2D eigenvalue weighted by Gasteiger charge is -2.15. The van der Waals surface area contributed by atoms with Crippen LogP contribution in [0.15, 0.2) is 164 Å². The molecule has 5 aromatic carbocycles. The van der Waals surface area contributed by atoms with Gasteiger partial charge in [0.1, 0.15) is 0 Å². The highest BCUT2D eigenvalue weighted by atomic mass is 14.8. The molecule has 5 heterocycles. The van der Waals surface area contributed by atoms with Gasteiger partial charge in [-0.25, -0.2) is 15.0 Å².